The van der Waals surface area contributed by atoms with Crippen LogP contribution in [0.5, 0.6) is 0 Å². The Hall–Kier alpha value is -3.34. The van der Waals surface area contributed by atoms with E-state index in [-0.39, 0.29) is 23.6 Å². The molecule has 2 atom stereocenters. The molecule has 3 aliphatic rings. The van der Waals surface area contributed by atoms with Crippen molar-refractivity contribution in [3.8, 4) is 0 Å². The molecule has 0 aromatic heterocycles. The number of piperazine rings is 2. The number of non-ortho nitro benzene ring substituents is 1. The molecule has 11 heteroatoms. The summed E-state index contributed by atoms with van der Waals surface area (Å²) in [6, 6.07) is 10.1. The molecule has 0 bridgehead atoms. The number of amides is 1. The molecular formula is C25H28F3N5O3. The molecule has 36 heavy (non-hydrogen) atoms. The van der Waals surface area contributed by atoms with Crippen LogP contribution in [0.2, 0.25) is 0 Å². The van der Waals surface area contributed by atoms with Gasteiger partial charge >= 0.3 is 6.18 Å². The average Bonchev–Trinajstić information content (AvgIpc) is 2.87. The van der Waals surface area contributed by atoms with Gasteiger partial charge in [0, 0.05) is 69.3 Å². The number of alkyl halides is 3. The molecule has 1 amide bonds. The van der Waals surface area contributed by atoms with Gasteiger partial charge in [0.05, 0.1) is 22.4 Å². The van der Waals surface area contributed by atoms with Gasteiger partial charge in [0.1, 0.15) is 0 Å². The standard InChI is InChI=1S/C25H28F3N5O3/c1-29-7-12-32-22-6-5-20(33(35)36)13-17(22)14-21(23(32)16-29)24(34)31-10-8-30(9-11-31)19-4-2-3-18(15-19)25(26,27)28/h2-6,13,15,21,23H,7-12,14,16H2,1H3/t21-,23+/m1/s1. The summed E-state index contributed by atoms with van der Waals surface area (Å²) in [5, 5.41) is 11.3. The van der Waals surface area contributed by atoms with Crippen molar-refractivity contribution in [3.05, 3.63) is 63.7 Å². The van der Waals surface area contributed by atoms with Gasteiger partial charge in [-0.3, -0.25) is 14.9 Å². The first-order valence-corrected chi connectivity index (χ1v) is 12.1. The molecule has 2 aromatic carbocycles. The van der Waals surface area contributed by atoms with E-state index in [0.717, 1.165) is 43.0 Å². The molecule has 5 rings (SSSR count). The molecule has 2 fully saturated rings. The van der Waals surface area contributed by atoms with Crippen LogP contribution in [0, 0.1) is 16.0 Å². The molecule has 8 nitrogen and oxygen atoms in total. The van der Waals surface area contributed by atoms with Gasteiger partial charge in [0.15, 0.2) is 0 Å². The number of hydrogen-bond acceptors (Lipinski definition) is 6. The summed E-state index contributed by atoms with van der Waals surface area (Å²) in [5.41, 5.74) is 1.59. The maximum atomic E-state index is 13.8. The molecule has 192 valence electrons. The maximum Gasteiger partial charge on any atom is 0.416 e. The number of fused-ring (bicyclic) bond motifs is 3. The first kappa shape index (κ1) is 24.4. The number of nitro benzene ring substituents is 1. The Morgan fingerprint density at radius 1 is 1.03 bits per heavy atom. The molecule has 2 aromatic rings. The Labute approximate surface area is 207 Å². The van der Waals surface area contributed by atoms with Gasteiger partial charge in [-0.15, -0.1) is 0 Å². The number of likely N-dealkylation sites (N-methyl/N-ethyl adjacent to an activating group) is 1. The van der Waals surface area contributed by atoms with Crippen molar-refractivity contribution >= 4 is 23.0 Å². The van der Waals surface area contributed by atoms with Crippen LogP contribution < -0.4 is 9.80 Å². The normalized spacial score (nSPS) is 22.7. The van der Waals surface area contributed by atoms with E-state index in [1.54, 1.807) is 23.1 Å². The van der Waals surface area contributed by atoms with Crippen LogP contribution in [0.3, 0.4) is 0 Å². The topological polar surface area (TPSA) is 73.2 Å². The van der Waals surface area contributed by atoms with Crippen molar-refractivity contribution in [2.45, 2.75) is 18.6 Å². The van der Waals surface area contributed by atoms with Gasteiger partial charge in [-0.05, 0) is 43.3 Å². The minimum atomic E-state index is -4.40. The number of carbonyl (C=O) groups excluding carboxylic acids is 1. The monoisotopic (exact) mass is 503 g/mol. The fraction of sp³-hybridized carbons (Fsp3) is 0.480. The second kappa shape index (κ2) is 9.27. The average molecular weight is 504 g/mol. The van der Waals surface area contributed by atoms with Crippen molar-refractivity contribution in [1.29, 1.82) is 0 Å². The first-order chi connectivity index (χ1) is 17.1. The lowest BCUT2D eigenvalue weighted by atomic mass is 9.82. The van der Waals surface area contributed by atoms with Gasteiger partial charge in [-0.2, -0.15) is 13.2 Å². The summed E-state index contributed by atoms with van der Waals surface area (Å²) >= 11 is 0. The fourth-order valence-electron chi connectivity index (χ4n) is 5.65. The predicted octanol–water partition coefficient (Wildman–Crippen LogP) is 3.26. The van der Waals surface area contributed by atoms with E-state index in [0.29, 0.717) is 38.3 Å². The minimum Gasteiger partial charge on any atom is -0.368 e. The number of rotatable bonds is 3. The van der Waals surface area contributed by atoms with Crippen molar-refractivity contribution in [2.75, 3.05) is 62.7 Å². The molecule has 2 saturated heterocycles. The molecule has 0 radical (unpaired) electrons. The number of anilines is 2. The van der Waals surface area contributed by atoms with E-state index >= 15 is 0 Å². The highest BCUT2D eigenvalue weighted by molar-refractivity contribution is 5.83. The Kier molecular flexibility index (Phi) is 6.27. The zero-order valence-electron chi connectivity index (χ0n) is 19.9. The largest absolute Gasteiger partial charge is 0.416 e. The quantitative estimate of drug-likeness (QED) is 0.473. The van der Waals surface area contributed by atoms with Crippen molar-refractivity contribution in [3.63, 3.8) is 0 Å². The lowest BCUT2D eigenvalue weighted by Crippen LogP contribution is -2.61. The van der Waals surface area contributed by atoms with Crippen LogP contribution >= 0.6 is 0 Å². The highest BCUT2D eigenvalue weighted by Gasteiger charge is 2.43. The fourth-order valence-corrected chi connectivity index (χ4v) is 5.65. The van der Waals surface area contributed by atoms with Gasteiger partial charge in [0.2, 0.25) is 5.91 Å². The van der Waals surface area contributed by atoms with Crippen molar-refractivity contribution in [2.24, 2.45) is 5.92 Å². The van der Waals surface area contributed by atoms with Crippen LogP contribution in [0.4, 0.5) is 30.2 Å². The predicted molar refractivity (Wildman–Crippen MR) is 129 cm³/mol. The van der Waals surface area contributed by atoms with E-state index in [2.05, 4.69) is 9.80 Å². The number of halogens is 3. The highest BCUT2D eigenvalue weighted by atomic mass is 19.4. The maximum absolute atomic E-state index is 13.8. The van der Waals surface area contributed by atoms with E-state index in [9.17, 15) is 28.1 Å². The first-order valence-electron chi connectivity index (χ1n) is 12.1. The van der Waals surface area contributed by atoms with Crippen LogP contribution in [-0.2, 0) is 17.4 Å². The summed E-state index contributed by atoms with van der Waals surface area (Å²) in [4.78, 5) is 32.8. The number of carbonyl (C=O) groups is 1. The summed E-state index contributed by atoms with van der Waals surface area (Å²) in [5.74, 6) is -0.344. The third-order valence-electron chi connectivity index (χ3n) is 7.56. The molecular weight excluding hydrogens is 475 g/mol. The van der Waals surface area contributed by atoms with E-state index in [1.807, 2.05) is 11.9 Å². The van der Waals surface area contributed by atoms with Gasteiger partial charge < -0.3 is 19.6 Å². The Bertz CT molecular complexity index is 1170. The van der Waals surface area contributed by atoms with Gasteiger partial charge in [-0.1, -0.05) is 6.07 Å². The molecule has 0 unspecified atom stereocenters. The van der Waals surface area contributed by atoms with E-state index < -0.39 is 16.7 Å². The second-order valence-electron chi connectivity index (χ2n) is 9.76. The smallest absolute Gasteiger partial charge is 0.368 e. The van der Waals surface area contributed by atoms with Gasteiger partial charge in [0.25, 0.3) is 5.69 Å². The number of hydrogen-bond donors (Lipinski definition) is 0. The van der Waals surface area contributed by atoms with E-state index in [1.165, 1.54) is 12.1 Å². The number of nitrogens with zero attached hydrogens (tertiary/aromatic N) is 5. The summed E-state index contributed by atoms with van der Waals surface area (Å²) in [7, 11) is 2.03. The summed E-state index contributed by atoms with van der Waals surface area (Å²) in [6.45, 7) is 4.00. The lowest BCUT2D eigenvalue weighted by molar-refractivity contribution is -0.384. The van der Waals surface area contributed by atoms with Crippen molar-refractivity contribution < 1.29 is 22.9 Å². The SMILES string of the molecule is CN1CCN2c3ccc([N+](=O)[O-])cc3C[C@@H](C(=O)N3CCN(c4cccc(C(F)(F)F)c4)CC3)[C@@H]2C1. The lowest BCUT2D eigenvalue weighted by Gasteiger charge is -2.49. The highest BCUT2D eigenvalue weighted by Crippen LogP contribution is 2.38. The minimum absolute atomic E-state index is 0.00106. The molecule has 0 saturated carbocycles. The molecule has 0 N–H and O–H groups in total. The summed E-state index contributed by atoms with van der Waals surface area (Å²) < 4.78 is 39.4. The molecule has 0 spiro atoms. The van der Waals surface area contributed by atoms with Crippen LogP contribution in [0.15, 0.2) is 42.5 Å². The third kappa shape index (κ3) is 4.59. The zero-order valence-corrected chi connectivity index (χ0v) is 19.9. The van der Waals surface area contributed by atoms with Crippen molar-refractivity contribution in [1.82, 2.24) is 9.80 Å². The summed E-state index contributed by atoms with van der Waals surface area (Å²) in [6.07, 6.45) is -3.97. The van der Waals surface area contributed by atoms with E-state index in [4.69, 9.17) is 0 Å². The number of nitro groups is 1. The second-order valence-corrected chi connectivity index (χ2v) is 9.76. The van der Waals surface area contributed by atoms with Crippen LogP contribution in [0.25, 0.3) is 0 Å². The third-order valence-corrected chi connectivity index (χ3v) is 7.56. The molecule has 3 aliphatic heterocycles. The van der Waals surface area contributed by atoms with Crippen LogP contribution in [-0.4, -0.2) is 79.5 Å². The number of benzene rings is 2. The zero-order chi connectivity index (χ0) is 25.6. The Morgan fingerprint density at radius 3 is 2.47 bits per heavy atom. The molecule has 0 aliphatic carbocycles. The Morgan fingerprint density at radius 2 is 1.78 bits per heavy atom. The molecule has 3 heterocycles. The van der Waals surface area contributed by atoms with Crippen LogP contribution in [0.1, 0.15) is 11.1 Å². The van der Waals surface area contributed by atoms with Gasteiger partial charge in [-0.25, -0.2) is 0 Å². The Balaban J connectivity index is 1.33.